The van der Waals surface area contributed by atoms with Crippen molar-refractivity contribution in [3.05, 3.63) is 58.5 Å². The number of thiazole rings is 1. The molecule has 0 N–H and O–H groups in total. The van der Waals surface area contributed by atoms with Crippen LogP contribution in [0.2, 0.25) is 0 Å². The third-order valence-electron chi connectivity index (χ3n) is 2.72. The molecule has 0 saturated carbocycles. The van der Waals surface area contributed by atoms with E-state index in [1.54, 1.807) is 19.4 Å². The van der Waals surface area contributed by atoms with Crippen molar-refractivity contribution in [2.24, 2.45) is 7.05 Å². The molecule has 3 aromatic rings. The monoisotopic (exact) mass is 301 g/mol. The number of nitrogens with zero attached hydrogens (tertiary/aromatic N) is 3. The maximum atomic E-state index is 11.9. The van der Waals surface area contributed by atoms with Crippen LogP contribution in [0.15, 0.2) is 62.3 Å². The number of aryl methyl sites for hydroxylation is 1. The van der Waals surface area contributed by atoms with E-state index in [9.17, 15) is 4.79 Å². The summed E-state index contributed by atoms with van der Waals surface area (Å²) in [6.07, 6.45) is 3.26. The van der Waals surface area contributed by atoms with Crippen LogP contribution in [-0.4, -0.2) is 14.5 Å². The lowest BCUT2D eigenvalue weighted by Gasteiger charge is -1.99. The van der Waals surface area contributed by atoms with E-state index in [2.05, 4.69) is 9.97 Å². The predicted octanol–water partition coefficient (Wildman–Crippen LogP) is 3.06. The van der Waals surface area contributed by atoms with Gasteiger partial charge in [0.1, 0.15) is 0 Å². The van der Waals surface area contributed by atoms with Crippen LogP contribution in [0.25, 0.3) is 11.3 Å². The smallest absolute Gasteiger partial charge is 0.283 e. The Balaban J connectivity index is 1.88. The molecule has 1 aromatic carbocycles. The van der Waals surface area contributed by atoms with E-state index < -0.39 is 0 Å². The topological polar surface area (TPSA) is 47.8 Å². The van der Waals surface area contributed by atoms with E-state index >= 15 is 0 Å². The molecule has 0 radical (unpaired) electrons. The van der Waals surface area contributed by atoms with Gasteiger partial charge in [-0.3, -0.25) is 4.79 Å². The van der Waals surface area contributed by atoms with Gasteiger partial charge in [-0.25, -0.2) is 9.97 Å². The summed E-state index contributed by atoms with van der Waals surface area (Å²) in [4.78, 5) is 20.6. The van der Waals surface area contributed by atoms with Crippen molar-refractivity contribution in [1.82, 2.24) is 14.5 Å². The summed E-state index contributed by atoms with van der Waals surface area (Å²) in [5, 5.41) is 2.44. The van der Waals surface area contributed by atoms with Gasteiger partial charge in [0.25, 0.3) is 5.56 Å². The lowest BCUT2D eigenvalue weighted by molar-refractivity contribution is 0.794. The molecule has 2 aromatic heterocycles. The summed E-state index contributed by atoms with van der Waals surface area (Å²) >= 11 is 2.82. The minimum Gasteiger partial charge on any atom is -0.315 e. The van der Waals surface area contributed by atoms with Crippen molar-refractivity contribution in [2.45, 2.75) is 9.37 Å². The molecule has 100 valence electrons. The lowest BCUT2D eigenvalue weighted by atomic mass is 10.2. The number of hydrogen-bond acceptors (Lipinski definition) is 5. The molecule has 0 amide bonds. The quantitative estimate of drug-likeness (QED) is 0.746. The van der Waals surface area contributed by atoms with Crippen molar-refractivity contribution in [1.29, 1.82) is 0 Å². The second-order valence-electron chi connectivity index (χ2n) is 4.12. The van der Waals surface area contributed by atoms with Gasteiger partial charge in [-0.1, -0.05) is 30.3 Å². The Morgan fingerprint density at radius 3 is 2.85 bits per heavy atom. The molecule has 4 nitrogen and oxygen atoms in total. The van der Waals surface area contributed by atoms with Gasteiger partial charge >= 0.3 is 0 Å². The van der Waals surface area contributed by atoms with Crippen molar-refractivity contribution in [3.8, 4) is 11.3 Å². The molecule has 0 unspecified atom stereocenters. The standard InChI is InChI=1S/C14H11N3OS2/c1-17-8-7-15-12(13(17)18)20-14-16-11(9-19-14)10-5-3-2-4-6-10/h2-9H,1H3. The highest BCUT2D eigenvalue weighted by Crippen LogP contribution is 2.30. The molecule has 0 fully saturated rings. The predicted molar refractivity (Wildman–Crippen MR) is 81.2 cm³/mol. The normalized spacial score (nSPS) is 10.7. The number of hydrogen-bond donors (Lipinski definition) is 0. The average molecular weight is 301 g/mol. The zero-order valence-electron chi connectivity index (χ0n) is 10.7. The van der Waals surface area contributed by atoms with Crippen molar-refractivity contribution in [2.75, 3.05) is 0 Å². The van der Waals surface area contributed by atoms with Crippen LogP contribution in [0.5, 0.6) is 0 Å². The first kappa shape index (κ1) is 13.1. The molecule has 0 bridgehead atoms. The molecular weight excluding hydrogens is 290 g/mol. The molecule has 0 aliphatic rings. The van der Waals surface area contributed by atoms with Gasteiger partial charge in [0.2, 0.25) is 0 Å². The SMILES string of the molecule is Cn1ccnc(Sc2nc(-c3ccccc3)cs2)c1=O. The largest absolute Gasteiger partial charge is 0.315 e. The van der Waals surface area contributed by atoms with E-state index in [4.69, 9.17) is 0 Å². The fourth-order valence-electron chi connectivity index (χ4n) is 1.67. The van der Waals surface area contributed by atoms with Crippen molar-refractivity contribution in [3.63, 3.8) is 0 Å². The molecule has 0 atom stereocenters. The zero-order chi connectivity index (χ0) is 13.9. The first-order valence-electron chi connectivity index (χ1n) is 5.94. The van der Waals surface area contributed by atoms with E-state index in [1.807, 2.05) is 35.7 Å². The first-order valence-corrected chi connectivity index (χ1v) is 7.64. The summed E-state index contributed by atoms with van der Waals surface area (Å²) in [6.45, 7) is 0. The lowest BCUT2D eigenvalue weighted by Crippen LogP contribution is -2.18. The Morgan fingerprint density at radius 2 is 2.05 bits per heavy atom. The van der Waals surface area contributed by atoms with E-state index in [-0.39, 0.29) is 5.56 Å². The van der Waals surface area contributed by atoms with Gasteiger partial charge < -0.3 is 4.57 Å². The third-order valence-corrected chi connectivity index (χ3v) is 4.63. The average Bonchev–Trinajstić information content (AvgIpc) is 2.93. The minimum atomic E-state index is -0.103. The Morgan fingerprint density at radius 1 is 1.25 bits per heavy atom. The Bertz CT molecular complexity index is 780. The molecule has 0 spiro atoms. The molecule has 3 rings (SSSR count). The van der Waals surface area contributed by atoms with E-state index in [0.29, 0.717) is 5.03 Å². The molecule has 0 aliphatic heterocycles. The highest BCUT2D eigenvalue weighted by atomic mass is 32.2. The van der Waals surface area contributed by atoms with Crippen LogP contribution in [-0.2, 0) is 7.05 Å². The summed E-state index contributed by atoms with van der Waals surface area (Å²) in [6, 6.07) is 9.97. The highest BCUT2D eigenvalue weighted by Gasteiger charge is 2.09. The first-order chi connectivity index (χ1) is 9.74. The maximum absolute atomic E-state index is 11.9. The van der Waals surface area contributed by atoms with Gasteiger partial charge in [0.15, 0.2) is 9.37 Å². The number of aromatic nitrogens is 3. The van der Waals surface area contributed by atoms with Crippen molar-refractivity contribution < 1.29 is 0 Å². The fourth-order valence-corrected chi connectivity index (χ4v) is 3.45. The maximum Gasteiger partial charge on any atom is 0.283 e. The van der Waals surface area contributed by atoms with E-state index in [0.717, 1.165) is 15.6 Å². The minimum absolute atomic E-state index is 0.103. The van der Waals surface area contributed by atoms with Gasteiger partial charge in [-0.05, 0) is 11.8 Å². The van der Waals surface area contributed by atoms with Crippen LogP contribution in [0, 0.1) is 0 Å². The highest BCUT2D eigenvalue weighted by molar-refractivity contribution is 8.00. The summed E-state index contributed by atoms with van der Waals surface area (Å²) in [5.41, 5.74) is 1.89. The number of rotatable bonds is 3. The Kier molecular flexibility index (Phi) is 3.66. The third kappa shape index (κ3) is 2.66. The molecule has 20 heavy (non-hydrogen) atoms. The zero-order valence-corrected chi connectivity index (χ0v) is 12.3. The van der Waals surface area contributed by atoms with Gasteiger partial charge in [-0.15, -0.1) is 11.3 Å². The van der Waals surface area contributed by atoms with E-state index in [1.165, 1.54) is 27.7 Å². The van der Waals surface area contributed by atoms with Crippen LogP contribution in [0.1, 0.15) is 0 Å². The van der Waals surface area contributed by atoms with Crippen LogP contribution >= 0.6 is 23.1 Å². The molecular formula is C14H11N3OS2. The molecule has 6 heteroatoms. The summed E-state index contributed by atoms with van der Waals surface area (Å²) in [5.74, 6) is 0. The molecule has 0 saturated heterocycles. The van der Waals surface area contributed by atoms with Gasteiger partial charge in [0.05, 0.1) is 5.69 Å². The second kappa shape index (κ2) is 5.60. The Labute approximate surface area is 124 Å². The van der Waals surface area contributed by atoms with Gasteiger partial charge in [-0.2, -0.15) is 0 Å². The van der Waals surface area contributed by atoms with Crippen LogP contribution in [0.3, 0.4) is 0 Å². The summed E-state index contributed by atoms with van der Waals surface area (Å²) < 4.78 is 2.33. The summed E-state index contributed by atoms with van der Waals surface area (Å²) in [7, 11) is 1.71. The second-order valence-corrected chi connectivity index (χ2v) is 6.21. The number of benzene rings is 1. The Hall–Kier alpha value is -1.92. The van der Waals surface area contributed by atoms with Crippen molar-refractivity contribution >= 4 is 23.1 Å². The fraction of sp³-hybridized carbons (Fsp3) is 0.0714. The van der Waals surface area contributed by atoms with Crippen LogP contribution in [0.4, 0.5) is 0 Å². The molecule has 2 heterocycles. The molecule has 0 aliphatic carbocycles. The van der Waals surface area contributed by atoms with Crippen LogP contribution < -0.4 is 5.56 Å². The van der Waals surface area contributed by atoms with Gasteiger partial charge in [0, 0.05) is 30.4 Å².